The Kier molecular flexibility index (Phi) is 8.90. The third-order valence-corrected chi connectivity index (χ3v) is 3.90. The Balaban J connectivity index is 0.00000242. The van der Waals surface area contributed by atoms with Gasteiger partial charge in [-0.3, -0.25) is 4.98 Å². The highest BCUT2D eigenvalue weighted by atomic mass is 79.9. The lowest BCUT2D eigenvalue weighted by Crippen LogP contribution is -3.00. The summed E-state index contributed by atoms with van der Waals surface area (Å²) in [6.07, 6.45) is 12.1. The van der Waals surface area contributed by atoms with Crippen molar-refractivity contribution >= 4 is 0 Å². The number of nitrogens with one attached hydrogen (secondary N) is 1. The van der Waals surface area contributed by atoms with Crippen molar-refractivity contribution in [3.63, 3.8) is 0 Å². The Morgan fingerprint density at radius 3 is 2.68 bits per heavy atom. The minimum atomic E-state index is 0. The third-order valence-electron chi connectivity index (χ3n) is 3.90. The number of aromatic nitrogens is 2. The number of para-hydroxylation sites is 1. The molecule has 3 nitrogen and oxygen atoms in total. The van der Waals surface area contributed by atoms with Gasteiger partial charge >= 0.3 is 0 Å². The quantitative estimate of drug-likeness (QED) is 0.660. The number of unbranched alkanes of at least 4 members (excludes halogenated alkanes) is 1. The summed E-state index contributed by atoms with van der Waals surface area (Å²) < 4.78 is 8.03. The second-order valence-corrected chi connectivity index (χ2v) is 5.43. The highest BCUT2D eigenvalue weighted by molar-refractivity contribution is 5.33. The summed E-state index contributed by atoms with van der Waals surface area (Å²) in [5.41, 5.74) is 1.32. The predicted molar refractivity (Wildman–Crippen MR) is 85.5 cm³/mol. The van der Waals surface area contributed by atoms with Crippen LogP contribution in [0.15, 0.2) is 43.0 Å². The maximum absolute atomic E-state index is 5.73. The van der Waals surface area contributed by atoms with E-state index in [1.54, 1.807) is 0 Å². The Morgan fingerprint density at radius 2 is 2.00 bits per heavy atom. The molecule has 1 aromatic heterocycles. The van der Waals surface area contributed by atoms with Gasteiger partial charge in [0.15, 0.2) is 0 Å². The van der Waals surface area contributed by atoms with Gasteiger partial charge in [-0.2, -0.15) is 0 Å². The minimum absolute atomic E-state index is 0. The number of halogens is 1. The van der Waals surface area contributed by atoms with E-state index in [1.165, 1.54) is 24.8 Å². The Morgan fingerprint density at radius 1 is 1.18 bits per heavy atom. The summed E-state index contributed by atoms with van der Waals surface area (Å²) in [4.78, 5) is 3.15. The van der Waals surface area contributed by atoms with Crippen molar-refractivity contribution in [1.82, 2.24) is 4.98 Å². The van der Waals surface area contributed by atoms with Crippen molar-refractivity contribution in [3.8, 4) is 5.75 Å². The molecule has 2 aromatic rings. The maximum Gasteiger partial charge on any atom is 0.241 e. The molecule has 1 unspecified atom stereocenters. The lowest BCUT2D eigenvalue weighted by molar-refractivity contribution is -0.723. The molecule has 0 fully saturated rings. The molecule has 0 saturated heterocycles. The summed E-state index contributed by atoms with van der Waals surface area (Å²) in [6.45, 7) is 5.02. The monoisotopic (exact) mass is 366 g/mol. The number of hydrogen-bond acceptors (Lipinski definition) is 1. The third kappa shape index (κ3) is 5.48. The zero-order chi connectivity index (χ0) is 14.9. The molecule has 122 valence electrons. The molecule has 0 aliphatic carbocycles. The van der Waals surface area contributed by atoms with E-state index in [0.717, 1.165) is 25.2 Å². The topological polar surface area (TPSA) is 28.9 Å². The van der Waals surface area contributed by atoms with Crippen LogP contribution >= 0.6 is 0 Å². The fourth-order valence-electron chi connectivity index (χ4n) is 2.74. The second kappa shape index (κ2) is 10.4. The van der Waals surface area contributed by atoms with E-state index in [2.05, 4.69) is 47.2 Å². The van der Waals surface area contributed by atoms with Gasteiger partial charge in [0.2, 0.25) is 6.33 Å². The Labute approximate surface area is 144 Å². The molecule has 0 aliphatic rings. The van der Waals surface area contributed by atoms with Gasteiger partial charge in [0.25, 0.3) is 0 Å². The average Bonchev–Trinajstić information content (AvgIpc) is 3.03. The van der Waals surface area contributed by atoms with Crippen LogP contribution in [0.2, 0.25) is 0 Å². The van der Waals surface area contributed by atoms with E-state index in [1.807, 2.05) is 19.2 Å². The molecule has 0 aliphatic heterocycles. The van der Waals surface area contributed by atoms with Crippen molar-refractivity contribution in [2.24, 2.45) is 0 Å². The molecule has 1 heterocycles. The molecule has 0 radical (unpaired) electrons. The summed E-state index contributed by atoms with van der Waals surface area (Å²) in [5, 5.41) is 0. The number of ether oxygens (including phenoxy) is 1. The molecular weight excluding hydrogens is 340 g/mol. The molecule has 0 spiro atoms. The number of benzene rings is 1. The van der Waals surface area contributed by atoms with Crippen LogP contribution in [0.5, 0.6) is 5.75 Å². The Hall–Kier alpha value is -1.29. The first-order valence-corrected chi connectivity index (χ1v) is 8.09. The lowest BCUT2D eigenvalue weighted by Gasteiger charge is -2.15. The zero-order valence-corrected chi connectivity index (χ0v) is 15.2. The van der Waals surface area contributed by atoms with Crippen molar-refractivity contribution in [3.05, 3.63) is 48.5 Å². The van der Waals surface area contributed by atoms with Crippen LogP contribution in [0.4, 0.5) is 0 Å². The number of rotatable bonds is 9. The maximum atomic E-state index is 5.73. The summed E-state index contributed by atoms with van der Waals surface area (Å²) in [6, 6.07) is 8.96. The van der Waals surface area contributed by atoms with Crippen LogP contribution in [0.1, 0.15) is 51.1 Å². The number of nitrogens with zero attached hydrogens (tertiary/aromatic N) is 1. The van der Waals surface area contributed by atoms with Crippen LogP contribution in [-0.2, 0) is 6.42 Å². The van der Waals surface area contributed by atoms with Crippen LogP contribution in [0.3, 0.4) is 0 Å². The highest BCUT2D eigenvalue weighted by Gasteiger charge is 2.16. The highest BCUT2D eigenvalue weighted by Crippen LogP contribution is 2.23. The predicted octanol–water partition coefficient (Wildman–Crippen LogP) is 1.07. The lowest BCUT2D eigenvalue weighted by atomic mass is 10.00. The van der Waals surface area contributed by atoms with E-state index in [4.69, 9.17) is 4.74 Å². The molecular formula is C18H27BrN2O. The van der Waals surface area contributed by atoms with Crippen LogP contribution in [-0.4, -0.2) is 11.6 Å². The van der Waals surface area contributed by atoms with Crippen molar-refractivity contribution < 1.29 is 26.3 Å². The molecule has 2 rings (SSSR count). The van der Waals surface area contributed by atoms with Gasteiger partial charge < -0.3 is 21.7 Å². The average molecular weight is 367 g/mol. The van der Waals surface area contributed by atoms with E-state index >= 15 is 0 Å². The first-order chi connectivity index (χ1) is 10.3. The number of H-pyrrole nitrogens is 1. The molecule has 1 aromatic carbocycles. The van der Waals surface area contributed by atoms with Gasteiger partial charge in [0.05, 0.1) is 6.61 Å². The molecule has 22 heavy (non-hydrogen) atoms. The van der Waals surface area contributed by atoms with Crippen LogP contribution < -0.4 is 26.3 Å². The van der Waals surface area contributed by atoms with E-state index < -0.39 is 0 Å². The van der Waals surface area contributed by atoms with Crippen LogP contribution in [0.25, 0.3) is 0 Å². The van der Waals surface area contributed by atoms with Crippen molar-refractivity contribution in [2.45, 2.75) is 52.0 Å². The SMILES string of the molecule is CCCCC(CCc1ccccc1OCC)[n+]1cc[nH]c1.[Br-]. The standard InChI is InChI=1S/C18H26N2O.BrH/c1-3-5-9-17(20-14-13-19-15-20)12-11-16-8-6-7-10-18(16)21-4-2;/h6-8,10,13-15,17H,3-5,9,11-12H2,1-2H3;1H. The van der Waals surface area contributed by atoms with Gasteiger partial charge in [-0.25, -0.2) is 4.57 Å². The van der Waals surface area contributed by atoms with Gasteiger partial charge in [-0.05, 0) is 44.2 Å². The molecule has 1 atom stereocenters. The van der Waals surface area contributed by atoms with Gasteiger partial charge in [-0.15, -0.1) is 0 Å². The first kappa shape index (κ1) is 18.8. The number of hydrogen-bond donors (Lipinski definition) is 1. The number of aryl methyl sites for hydroxylation is 1. The van der Waals surface area contributed by atoms with E-state index in [9.17, 15) is 0 Å². The van der Waals surface area contributed by atoms with Crippen molar-refractivity contribution in [2.75, 3.05) is 6.61 Å². The normalized spacial score (nSPS) is 11.7. The van der Waals surface area contributed by atoms with Crippen LogP contribution in [0, 0.1) is 0 Å². The first-order valence-electron chi connectivity index (χ1n) is 8.09. The fraction of sp³-hybridized carbons (Fsp3) is 0.500. The molecule has 0 saturated carbocycles. The van der Waals surface area contributed by atoms with E-state index in [-0.39, 0.29) is 17.0 Å². The molecule has 1 N–H and O–H groups in total. The van der Waals surface area contributed by atoms with Gasteiger partial charge in [0.1, 0.15) is 24.2 Å². The summed E-state index contributed by atoms with van der Waals surface area (Å²) >= 11 is 0. The zero-order valence-electron chi connectivity index (χ0n) is 13.6. The second-order valence-electron chi connectivity index (χ2n) is 5.43. The van der Waals surface area contributed by atoms with Gasteiger partial charge in [-0.1, -0.05) is 31.5 Å². The molecule has 0 amide bonds. The number of aromatic amines is 1. The van der Waals surface area contributed by atoms with Gasteiger partial charge in [0, 0.05) is 0 Å². The molecule has 0 bridgehead atoms. The largest absolute Gasteiger partial charge is 1.00 e. The van der Waals surface area contributed by atoms with Crippen molar-refractivity contribution in [1.29, 1.82) is 0 Å². The van der Waals surface area contributed by atoms with E-state index in [0.29, 0.717) is 6.04 Å². The minimum Gasteiger partial charge on any atom is -1.00 e. The smallest absolute Gasteiger partial charge is 0.241 e. The molecule has 4 heteroatoms. The Bertz CT molecular complexity index is 514. The summed E-state index contributed by atoms with van der Waals surface area (Å²) in [7, 11) is 0. The number of imidazole rings is 1. The summed E-state index contributed by atoms with van der Waals surface area (Å²) in [5.74, 6) is 1.04. The fourth-order valence-corrected chi connectivity index (χ4v) is 2.74.